The first kappa shape index (κ1) is 18.6. The largest absolute Gasteiger partial charge is 0.494 e. The molecule has 0 atom stereocenters. The fourth-order valence-corrected chi connectivity index (χ4v) is 2.91. The lowest BCUT2D eigenvalue weighted by molar-refractivity contribution is -0.135. The fraction of sp³-hybridized carbons (Fsp3) is 0.368. The average Bonchev–Trinajstić information content (AvgIpc) is 2.70. The van der Waals surface area contributed by atoms with Crippen molar-refractivity contribution in [3.63, 3.8) is 0 Å². The average molecular weight is 370 g/mol. The van der Waals surface area contributed by atoms with Crippen molar-refractivity contribution < 1.29 is 14.3 Å². The van der Waals surface area contributed by atoms with Crippen LogP contribution in [0.2, 0.25) is 0 Å². The molecule has 27 heavy (non-hydrogen) atoms. The van der Waals surface area contributed by atoms with Crippen LogP contribution in [0.15, 0.2) is 41.2 Å². The van der Waals surface area contributed by atoms with Gasteiger partial charge in [-0.3, -0.25) is 14.4 Å². The third kappa shape index (κ3) is 4.52. The number of aromatic nitrogens is 2. The molecule has 1 saturated heterocycles. The van der Waals surface area contributed by atoms with Gasteiger partial charge in [-0.1, -0.05) is 0 Å². The maximum Gasteiger partial charge on any atom is 0.267 e. The van der Waals surface area contributed by atoms with E-state index in [0.29, 0.717) is 38.5 Å². The van der Waals surface area contributed by atoms with Crippen LogP contribution in [0.1, 0.15) is 6.92 Å². The van der Waals surface area contributed by atoms with Gasteiger partial charge in [0.1, 0.15) is 12.3 Å². The molecule has 2 heterocycles. The van der Waals surface area contributed by atoms with Crippen LogP contribution in [0.4, 0.5) is 0 Å². The highest BCUT2D eigenvalue weighted by molar-refractivity contribution is 5.76. The van der Waals surface area contributed by atoms with Crippen molar-refractivity contribution in [1.82, 2.24) is 19.6 Å². The van der Waals surface area contributed by atoms with E-state index in [0.717, 1.165) is 17.7 Å². The normalized spacial score (nSPS) is 14.1. The van der Waals surface area contributed by atoms with Crippen LogP contribution < -0.4 is 10.3 Å². The predicted molar refractivity (Wildman–Crippen MR) is 99.3 cm³/mol. The van der Waals surface area contributed by atoms with Crippen LogP contribution in [0.5, 0.6) is 5.75 Å². The highest BCUT2D eigenvalue weighted by Gasteiger charge is 2.21. The molecule has 0 saturated carbocycles. The number of hydrogen-bond acceptors (Lipinski definition) is 5. The molecule has 2 aromatic rings. The van der Waals surface area contributed by atoms with Gasteiger partial charge >= 0.3 is 0 Å². The second-order valence-electron chi connectivity index (χ2n) is 6.19. The fourth-order valence-electron chi connectivity index (χ4n) is 2.91. The summed E-state index contributed by atoms with van der Waals surface area (Å²) in [5.41, 5.74) is 1.11. The Morgan fingerprint density at radius 3 is 2.44 bits per heavy atom. The van der Waals surface area contributed by atoms with Gasteiger partial charge in [0.15, 0.2) is 0 Å². The maximum atomic E-state index is 12.5. The number of piperazine rings is 1. The Hall–Kier alpha value is -3.16. The predicted octanol–water partition coefficient (Wildman–Crippen LogP) is 0.610. The molecule has 1 aromatic carbocycles. The number of hydrogen-bond donors (Lipinski definition) is 0. The summed E-state index contributed by atoms with van der Waals surface area (Å²) in [6.07, 6.45) is 0.786. The van der Waals surface area contributed by atoms with Crippen molar-refractivity contribution in [2.45, 2.75) is 13.5 Å². The topological polar surface area (TPSA) is 84.7 Å². The van der Waals surface area contributed by atoms with Gasteiger partial charge in [-0.05, 0) is 37.3 Å². The van der Waals surface area contributed by atoms with Crippen LogP contribution in [-0.2, 0) is 16.1 Å². The summed E-state index contributed by atoms with van der Waals surface area (Å²) in [6.45, 7) is 4.32. The number of benzene rings is 1. The van der Waals surface area contributed by atoms with Crippen molar-refractivity contribution >= 4 is 12.3 Å². The summed E-state index contributed by atoms with van der Waals surface area (Å²) in [7, 11) is 0. The summed E-state index contributed by atoms with van der Waals surface area (Å²) in [5.74, 6) is 0.582. The Labute approximate surface area is 157 Å². The second kappa shape index (κ2) is 8.48. The molecule has 2 amide bonds. The van der Waals surface area contributed by atoms with E-state index in [1.807, 2.05) is 31.2 Å². The molecule has 0 spiro atoms. The van der Waals surface area contributed by atoms with E-state index in [2.05, 4.69) is 5.10 Å². The zero-order chi connectivity index (χ0) is 19.2. The third-order valence-electron chi connectivity index (χ3n) is 4.43. The number of carbonyl (C=O) groups excluding carboxylic acids is 2. The molecule has 142 valence electrons. The number of carbonyl (C=O) groups is 2. The lowest BCUT2D eigenvalue weighted by Crippen LogP contribution is -2.49. The molecule has 1 aromatic heterocycles. The Morgan fingerprint density at radius 2 is 1.81 bits per heavy atom. The first-order valence-corrected chi connectivity index (χ1v) is 8.89. The highest BCUT2D eigenvalue weighted by Crippen LogP contribution is 2.19. The standard InChI is InChI=1S/C19H22N4O4/c1-2-27-16-5-3-15(4-6-16)17-7-8-18(25)23(20-17)13-19(26)22-11-9-21(14-24)10-12-22/h3-8,14H,2,9-13H2,1H3. The van der Waals surface area contributed by atoms with Crippen molar-refractivity contribution in [3.8, 4) is 17.0 Å². The summed E-state index contributed by atoms with van der Waals surface area (Å²) in [4.78, 5) is 38.6. The van der Waals surface area contributed by atoms with E-state index in [1.165, 1.54) is 10.7 Å². The van der Waals surface area contributed by atoms with Crippen LogP contribution in [0, 0.1) is 0 Å². The summed E-state index contributed by atoms with van der Waals surface area (Å²) in [6, 6.07) is 10.5. The molecular formula is C19H22N4O4. The smallest absolute Gasteiger partial charge is 0.267 e. The summed E-state index contributed by atoms with van der Waals surface area (Å²) < 4.78 is 6.60. The van der Waals surface area contributed by atoms with Crippen molar-refractivity contribution in [2.75, 3.05) is 32.8 Å². The minimum Gasteiger partial charge on any atom is -0.494 e. The van der Waals surface area contributed by atoms with Gasteiger partial charge in [0.2, 0.25) is 12.3 Å². The summed E-state index contributed by atoms with van der Waals surface area (Å²) in [5, 5.41) is 4.33. The molecule has 0 radical (unpaired) electrons. The van der Waals surface area contributed by atoms with E-state index < -0.39 is 0 Å². The Kier molecular flexibility index (Phi) is 5.85. The van der Waals surface area contributed by atoms with Crippen LogP contribution in [-0.4, -0.2) is 64.7 Å². The number of amides is 2. The molecule has 8 nitrogen and oxygen atoms in total. The molecule has 3 rings (SSSR count). The summed E-state index contributed by atoms with van der Waals surface area (Å²) >= 11 is 0. The van der Waals surface area contributed by atoms with Crippen LogP contribution in [0.25, 0.3) is 11.3 Å². The van der Waals surface area contributed by atoms with Crippen LogP contribution in [0.3, 0.4) is 0 Å². The second-order valence-corrected chi connectivity index (χ2v) is 6.19. The lowest BCUT2D eigenvalue weighted by atomic mass is 10.1. The molecule has 1 aliphatic rings. The van der Waals surface area contributed by atoms with Crippen LogP contribution >= 0.6 is 0 Å². The third-order valence-corrected chi connectivity index (χ3v) is 4.43. The van der Waals surface area contributed by atoms with Crippen molar-refractivity contribution in [1.29, 1.82) is 0 Å². The lowest BCUT2D eigenvalue weighted by Gasteiger charge is -2.32. The van der Waals surface area contributed by atoms with Gasteiger partial charge in [0.05, 0.1) is 12.3 Å². The Morgan fingerprint density at radius 1 is 1.11 bits per heavy atom. The number of nitrogens with zero attached hydrogens (tertiary/aromatic N) is 4. The number of ether oxygens (including phenoxy) is 1. The van der Waals surface area contributed by atoms with Gasteiger partial charge in [0.25, 0.3) is 5.56 Å². The van der Waals surface area contributed by atoms with Crippen molar-refractivity contribution in [3.05, 3.63) is 46.8 Å². The molecule has 0 bridgehead atoms. The van der Waals surface area contributed by atoms with Gasteiger partial charge in [-0.2, -0.15) is 5.10 Å². The molecule has 1 fully saturated rings. The monoisotopic (exact) mass is 370 g/mol. The van der Waals surface area contributed by atoms with Gasteiger partial charge < -0.3 is 14.5 Å². The number of rotatable bonds is 6. The highest BCUT2D eigenvalue weighted by atomic mass is 16.5. The minimum absolute atomic E-state index is 0.120. The molecule has 8 heteroatoms. The molecular weight excluding hydrogens is 348 g/mol. The van der Waals surface area contributed by atoms with Gasteiger partial charge in [-0.15, -0.1) is 0 Å². The maximum absolute atomic E-state index is 12.5. The zero-order valence-electron chi connectivity index (χ0n) is 15.2. The zero-order valence-corrected chi connectivity index (χ0v) is 15.2. The minimum atomic E-state index is -0.329. The first-order chi connectivity index (χ1) is 13.1. The quantitative estimate of drug-likeness (QED) is 0.696. The Balaban J connectivity index is 1.72. The molecule has 0 aliphatic carbocycles. The Bertz CT molecular complexity index is 855. The van der Waals surface area contributed by atoms with E-state index in [1.54, 1.807) is 15.9 Å². The van der Waals surface area contributed by atoms with Gasteiger partial charge in [-0.25, -0.2) is 4.68 Å². The van der Waals surface area contributed by atoms with Crippen molar-refractivity contribution in [2.24, 2.45) is 0 Å². The van der Waals surface area contributed by atoms with E-state index in [4.69, 9.17) is 4.74 Å². The van der Waals surface area contributed by atoms with E-state index in [-0.39, 0.29) is 18.0 Å². The van der Waals surface area contributed by atoms with E-state index in [9.17, 15) is 14.4 Å². The molecule has 0 N–H and O–H groups in total. The van der Waals surface area contributed by atoms with E-state index >= 15 is 0 Å². The first-order valence-electron chi connectivity index (χ1n) is 8.89. The van der Waals surface area contributed by atoms with Gasteiger partial charge in [0, 0.05) is 37.8 Å². The molecule has 0 unspecified atom stereocenters. The SMILES string of the molecule is CCOc1ccc(-c2ccc(=O)n(CC(=O)N3CCN(C=O)CC3)n2)cc1. The molecule has 1 aliphatic heterocycles.